The lowest BCUT2D eigenvalue weighted by atomic mass is 9.70. The molecule has 2 N–H and O–H groups in total. The van der Waals surface area contributed by atoms with Gasteiger partial charge in [-0.2, -0.15) is 0 Å². The predicted molar refractivity (Wildman–Crippen MR) is 348 cm³/mol. The Hall–Kier alpha value is -8.60. The Bertz CT molecular complexity index is 3780. The summed E-state index contributed by atoms with van der Waals surface area (Å²) in [4.78, 5) is 0. The maximum atomic E-state index is 4.01. The van der Waals surface area contributed by atoms with Crippen LogP contribution < -0.4 is 10.6 Å². The molecular formula is C77H74N4. The Labute approximate surface area is 479 Å². The van der Waals surface area contributed by atoms with Crippen LogP contribution in [0.2, 0.25) is 0 Å². The molecule has 4 nitrogen and oxygen atoms in total. The summed E-state index contributed by atoms with van der Waals surface area (Å²) >= 11 is 0. The number of nitrogens with one attached hydrogen (secondary N) is 2. The van der Waals surface area contributed by atoms with Gasteiger partial charge in [-0.1, -0.05) is 236 Å². The van der Waals surface area contributed by atoms with Crippen LogP contribution in [0.25, 0.3) is 88.4 Å². The van der Waals surface area contributed by atoms with Crippen LogP contribution in [-0.2, 0) is 5.41 Å². The smallest absolute Gasteiger partial charge is 0.0541 e. The van der Waals surface area contributed by atoms with Gasteiger partial charge >= 0.3 is 0 Å². The molecule has 0 bridgehead atoms. The van der Waals surface area contributed by atoms with E-state index in [0.29, 0.717) is 0 Å². The highest BCUT2D eigenvalue weighted by molar-refractivity contribution is 6.10. The van der Waals surface area contributed by atoms with Crippen molar-refractivity contribution < 1.29 is 0 Å². The first-order chi connectivity index (χ1) is 40.1. The predicted octanol–water partition coefficient (Wildman–Crippen LogP) is 22.5. The topological polar surface area (TPSA) is 33.9 Å². The zero-order valence-corrected chi connectivity index (χ0v) is 47.2. The SMILES string of the molecule is CCCCCCCCC1(CCCCCCCC)c2cc(Nc3ccccc3-c3ccc(-n4c5ccccc5c5ccccc54)cc3)ccc2-c2ccc(Nc3ccccc3-c3ccc(-n4c5ccccc5c5ccccc54)cc3)cc21. The van der Waals surface area contributed by atoms with Gasteiger partial charge in [-0.15, -0.1) is 0 Å². The first kappa shape index (κ1) is 51.8. The second-order valence-electron chi connectivity index (χ2n) is 22.8. The average Bonchev–Trinajstić information content (AvgIpc) is 4.35. The molecule has 0 aliphatic heterocycles. The molecule has 0 amide bonds. The van der Waals surface area contributed by atoms with E-state index in [0.717, 1.165) is 47.0 Å². The Balaban J connectivity index is 0.830. The third-order valence-electron chi connectivity index (χ3n) is 17.7. The minimum Gasteiger partial charge on any atom is -0.355 e. The summed E-state index contributed by atoms with van der Waals surface area (Å²) in [6.07, 6.45) is 17.7. The Morgan fingerprint density at radius 2 is 0.642 bits per heavy atom. The van der Waals surface area contributed by atoms with Crippen molar-refractivity contribution in [1.29, 1.82) is 0 Å². The molecule has 1 aliphatic rings. The van der Waals surface area contributed by atoms with Gasteiger partial charge < -0.3 is 19.8 Å². The number of hydrogen-bond donors (Lipinski definition) is 2. The zero-order valence-electron chi connectivity index (χ0n) is 47.2. The van der Waals surface area contributed by atoms with Crippen LogP contribution in [0.4, 0.5) is 22.7 Å². The van der Waals surface area contributed by atoms with Crippen LogP contribution in [0.1, 0.15) is 115 Å². The molecule has 81 heavy (non-hydrogen) atoms. The first-order valence-electron chi connectivity index (χ1n) is 30.3. The molecule has 12 aromatic rings. The number of benzene rings is 10. The van der Waals surface area contributed by atoms with Crippen molar-refractivity contribution in [3.63, 3.8) is 0 Å². The summed E-state index contributed by atoms with van der Waals surface area (Å²) in [5.41, 5.74) is 22.1. The number of unbranched alkanes of at least 4 members (excludes halogenated alkanes) is 10. The van der Waals surface area contributed by atoms with E-state index in [4.69, 9.17) is 0 Å². The standard InChI is InChI=1S/C77H74N4/c1-3-5-7-9-11-25-51-77(52-26-12-10-8-6-4-2)69-53-57(78-71-33-19-13-27-61(71)55-39-45-59(46-40-55)80-73-35-21-15-29-65(73)66-30-16-22-36-74(66)80)43-49-63(69)64-50-44-58(54-70(64)77)79-72-34-20-14-28-62(72)56-41-47-60(48-42-56)81-75-37-23-17-31-67(75)68-32-18-24-38-76(68)81/h13-24,27-50,53-54,78-79H,3-12,25-26,51-52H2,1-2H3. The van der Waals surface area contributed by atoms with Crippen LogP contribution in [0.15, 0.2) is 231 Å². The second kappa shape index (κ2) is 23.2. The first-order valence-corrected chi connectivity index (χ1v) is 30.3. The van der Waals surface area contributed by atoms with Gasteiger partial charge in [0.2, 0.25) is 0 Å². The highest BCUT2D eigenvalue weighted by Gasteiger charge is 2.43. The van der Waals surface area contributed by atoms with E-state index in [1.165, 1.54) is 165 Å². The number of anilines is 4. The third kappa shape index (κ3) is 10.0. The summed E-state index contributed by atoms with van der Waals surface area (Å²) in [6, 6.07) is 85.5. The second-order valence-corrected chi connectivity index (χ2v) is 22.8. The van der Waals surface area contributed by atoms with Gasteiger partial charge in [0, 0.05) is 72.2 Å². The van der Waals surface area contributed by atoms with Gasteiger partial charge in [0.15, 0.2) is 0 Å². The van der Waals surface area contributed by atoms with Gasteiger partial charge in [0.1, 0.15) is 0 Å². The van der Waals surface area contributed by atoms with Crippen LogP contribution in [0.5, 0.6) is 0 Å². The molecule has 0 fully saturated rings. The monoisotopic (exact) mass is 1050 g/mol. The van der Waals surface area contributed by atoms with Crippen molar-refractivity contribution in [3.8, 4) is 44.8 Å². The summed E-state index contributed by atoms with van der Waals surface area (Å²) < 4.78 is 4.80. The van der Waals surface area contributed by atoms with E-state index in [1.807, 2.05) is 0 Å². The average molecular weight is 1060 g/mol. The third-order valence-corrected chi connectivity index (χ3v) is 17.7. The fourth-order valence-corrected chi connectivity index (χ4v) is 13.7. The van der Waals surface area contributed by atoms with Crippen molar-refractivity contribution >= 4 is 66.4 Å². The van der Waals surface area contributed by atoms with Crippen molar-refractivity contribution in [3.05, 3.63) is 242 Å². The van der Waals surface area contributed by atoms with Crippen LogP contribution in [-0.4, -0.2) is 9.13 Å². The lowest BCUT2D eigenvalue weighted by Gasteiger charge is -2.33. The maximum absolute atomic E-state index is 4.01. The number of fused-ring (bicyclic) bond motifs is 9. The lowest BCUT2D eigenvalue weighted by Crippen LogP contribution is -2.26. The molecule has 0 saturated carbocycles. The summed E-state index contributed by atoms with van der Waals surface area (Å²) in [5.74, 6) is 0. The molecule has 0 spiro atoms. The van der Waals surface area contributed by atoms with Crippen LogP contribution in [0, 0.1) is 0 Å². The molecule has 10 aromatic carbocycles. The van der Waals surface area contributed by atoms with Gasteiger partial charge in [-0.05, 0) is 131 Å². The van der Waals surface area contributed by atoms with Crippen molar-refractivity contribution in [2.24, 2.45) is 0 Å². The highest BCUT2D eigenvalue weighted by Crippen LogP contribution is 2.56. The summed E-state index contributed by atoms with van der Waals surface area (Å²) in [5, 5.41) is 13.1. The minimum absolute atomic E-state index is 0.111. The molecule has 402 valence electrons. The molecule has 1 aliphatic carbocycles. The molecule has 4 heteroatoms. The van der Waals surface area contributed by atoms with E-state index in [1.54, 1.807) is 0 Å². The number of hydrogen-bond acceptors (Lipinski definition) is 2. The molecule has 0 unspecified atom stereocenters. The summed E-state index contributed by atoms with van der Waals surface area (Å²) in [6.45, 7) is 4.65. The van der Waals surface area contributed by atoms with E-state index in [-0.39, 0.29) is 5.41 Å². The van der Waals surface area contributed by atoms with E-state index in [2.05, 4.69) is 264 Å². The fourth-order valence-electron chi connectivity index (χ4n) is 13.7. The molecule has 2 heterocycles. The number of rotatable bonds is 22. The Kier molecular flexibility index (Phi) is 14.9. The maximum Gasteiger partial charge on any atom is 0.0541 e. The normalized spacial score (nSPS) is 12.6. The molecule has 2 aromatic heterocycles. The summed E-state index contributed by atoms with van der Waals surface area (Å²) in [7, 11) is 0. The number of aromatic nitrogens is 2. The lowest BCUT2D eigenvalue weighted by molar-refractivity contribution is 0.398. The van der Waals surface area contributed by atoms with Gasteiger partial charge in [-0.25, -0.2) is 0 Å². The van der Waals surface area contributed by atoms with Crippen LogP contribution >= 0.6 is 0 Å². The van der Waals surface area contributed by atoms with E-state index in [9.17, 15) is 0 Å². The van der Waals surface area contributed by atoms with Crippen molar-refractivity contribution in [1.82, 2.24) is 9.13 Å². The van der Waals surface area contributed by atoms with Gasteiger partial charge in [0.05, 0.1) is 22.1 Å². The molecular weight excluding hydrogens is 981 g/mol. The molecule has 0 atom stereocenters. The zero-order chi connectivity index (χ0) is 54.5. The van der Waals surface area contributed by atoms with E-state index < -0.39 is 0 Å². The fraction of sp³-hybridized carbons (Fsp3) is 0.221. The minimum atomic E-state index is -0.111. The number of para-hydroxylation sites is 6. The Morgan fingerprint density at radius 3 is 1.02 bits per heavy atom. The molecule has 0 saturated heterocycles. The largest absolute Gasteiger partial charge is 0.355 e. The van der Waals surface area contributed by atoms with Gasteiger partial charge in [0.25, 0.3) is 0 Å². The quantitative estimate of drug-likeness (QED) is 0.0663. The van der Waals surface area contributed by atoms with Crippen LogP contribution in [0.3, 0.4) is 0 Å². The van der Waals surface area contributed by atoms with E-state index >= 15 is 0 Å². The molecule has 0 radical (unpaired) electrons. The van der Waals surface area contributed by atoms with Crippen molar-refractivity contribution in [2.75, 3.05) is 10.6 Å². The molecule has 13 rings (SSSR count). The van der Waals surface area contributed by atoms with Crippen molar-refractivity contribution in [2.45, 2.75) is 109 Å². The Morgan fingerprint density at radius 1 is 0.309 bits per heavy atom. The number of nitrogens with zero attached hydrogens (tertiary/aromatic N) is 2. The highest BCUT2D eigenvalue weighted by atomic mass is 15.0. The van der Waals surface area contributed by atoms with Gasteiger partial charge in [-0.3, -0.25) is 0 Å².